The van der Waals surface area contributed by atoms with E-state index < -0.39 is 41.7 Å². The Morgan fingerprint density at radius 1 is 1.41 bits per heavy atom. The average molecular weight is 317 g/mol. The summed E-state index contributed by atoms with van der Waals surface area (Å²) in [6, 6.07) is 0. The summed E-state index contributed by atoms with van der Waals surface area (Å²) >= 11 is 2.79. The fourth-order valence-corrected chi connectivity index (χ4v) is 1.86. The topological polar surface area (TPSA) is 126 Å². The van der Waals surface area contributed by atoms with Gasteiger partial charge in [0.25, 0.3) is 4.70 Å². The van der Waals surface area contributed by atoms with Crippen molar-refractivity contribution in [2.45, 2.75) is 36.0 Å². The van der Waals surface area contributed by atoms with E-state index in [1.165, 1.54) is 0 Å². The fourth-order valence-electron chi connectivity index (χ4n) is 1.29. The Morgan fingerprint density at radius 3 is 2.47 bits per heavy atom. The van der Waals surface area contributed by atoms with Crippen LogP contribution in [0.5, 0.6) is 0 Å². The maximum atomic E-state index is 10.6. The molecule has 0 saturated carbocycles. The molecule has 0 aromatic heterocycles. The summed E-state index contributed by atoms with van der Waals surface area (Å²) in [5.41, 5.74) is 0. The highest BCUT2D eigenvalue weighted by molar-refractivity contribution is 9.10. The molecule has 0 aromatic rings. The van der Waals surface area contributed by atoms with Gasteiger partial charge in [-0.05, 0) is 15.9 Å². The average Bonchev–Trinajstić information content (AvgIpc) is 2.29. The largest absolute Gasteiger partial charge is 0.394 e. The minimum Gasteiger partial charge on any atom is -0.394 e. The third-order valence-electron chi connectivity index (χ3n) is 2.17. The lowest BCUT2D eigenvalue weighted by Gasteiger charge is -2.43. The van der Waals surface area contributed by atoms with Crippen molar-refractivity contribution in [2.24, 2.45) is 0 Å². The van der Waals surface area contributed by atoms with Gasteiger partial charge in [0.2, 0.25) is 0 Å². The van der Waals surface area contributed by atoms with Crippen molar-refractivity contribution >= 4 is 21.9 Å². The molecule has 17 heavy (non-hydrogen) atoms. The number of hydrogen-bond donors (Lipinski definition) is 4. The Bertz CT molecular complexity index is 285. The Balaban J connectivity index is 2.79. The van der Waals surface area contributed by atoms with E-state index in [0.717, 1.165) is 6.92 Å². The van der Waals surface area contributed by atoms with Crippen LogP contribution in [0.3, 0.4) is 0 Å². The predicted octanol–water partition coefficient (Wildman–Crippen LogP) is -2.00. The van der Waals surface area contributed by atoms with Gasteiger partial charge in [0.05, 0.1) is 6.61 Å². The monoisotopic (exact) mass is 316 g/mol. The molecule has 5 atom stereocenters. The molecule has 0 radical (unpaired) electrons. The molecule has 100 valence electrons. The molecule has 0 unspecified atom stereocenters. The van der Waals surface area contributed by atoms with E-state index in [4.69, 9.17) is 9.84 Å². The normalized spacial score (nSPS) is 42.2. The van der Waals surface area contributed by atoms with Crippen molar-refractivity contribution in [1.29, 1.82) is 0 Å². The van der Waals surface area contributed by atoms with Crippen molar-refractivity contribution in [2.75, 3.05) is 6.61 Å². The van der Waals surface area contributed by atoms with E-state index in [9.17, 15) is 20.1 Å². The molecule has 0 aromatic carbocycles. The molecule has 8 nitrogen and oxygen atoms in total. The Hall–Kier alpha value is -0.290. The molecule has 1 fully saturated rings. The molecular weight excluding hydrogens is 304 g/mol. The SMILES string of the molecule is CC(=O)OO[C@@]1(Br)O[C@H](CO)[C@@H](O)[C@H](O)[C@H]1O. The zero-order chi connectivity index (χ0) is 13.2. The zero-order valence-electron chi connectivity index (χ0n) is 8.82. The first-order valence-corrected chi connectivity index (χ1v) is 5.49. The Kier molecular flexibility index (Phi) is 4.84. The molecule has 1 aliphatic rings. The van der Waals surface area contributed by atoms with Gasteiger partial charge < -0.3 is 25.2 Å². The van der Waals surface area contributed by atoms with Crippen molar-refractivity contribution in [1.82, 2.24) is 0 Å². The lowest BCUT2D eigenvalue weighted by molar-refractivity contribution is -0.418. The second kappa shape index (κ2) is 5.57. The number of halogens is 1. The van der Waals surface area contributed by atoms with Gasteiger partial charge in [0.1, 0.15) is 18.3 Å². The predicted molar refractivity (Wildman–Crippen MR) is 54.5 cm³/mol. The molecule has 0 amide bonds. The number of carbonyl (C=O) groups is 1. The molecule has 1 rings (SSSR count). The maximum Gasteiger partial charge on any atom is 0.339 e. The van der Waals surface area contributed by atoms with Crippen LogP contribution >= 0.6 is 15.9 Å². The summed E-state index contributed by atoms with van der Waals surface area (Å²) in [6.45, 7) is 0.433. The summed E-state index contributed by atoms with van der Waals surface area (Å²) < 4.78 is 2.92. The number of hydrogen-bond acceptors (Lipinski definition) is 8. The van der Waals surface area contributed by atoms with Crippen LogP contribution in [0, 0.1) is 0 Å². The molecule has 1 aliphatic heterocycles. The minimum absolute atomic E-state index is 0.623. The van der Waals surface area contributed by atoms with Gasteiger partial charge in [-0.2, -0.15) is 0 Å². The van der Waals surface area contributed by atoms with Crippen LogP contribution in [0.25, 0.3) is 0 Å². The lowest BCUT2D eigenvalue weighted by Crippen LogP contribution is -2.63. The van der Waals surface area contributed by atoms with Gasteiger partial charge in [0.15, 0.2) is 6.10 Å². The van der Waals surface area contributed by atoms with E-state index >= 15 is 0 Å². The zero-order valence-corrected chi connectivity index (χ0v) is 10.4. The third-order valence-corrected chi connectivity index (χ3v) is 2.96. The minimum atomic E-state index is -2.05. The van der Waals surface area contributed by atoms with Crippen molar-refractivity contribution in [3.05, 3.63) is 0 Å². The number of aliphatic hydroxyl groups excluding tert-OH is 4. The second-order valence-electron chi connectivity index (χ2n) is 3.51. The summed E-state index contributed by atoms with van der Waals surface area (Å²) in [5, 5.41) is 37.5. The molecule has 0 spiro atoms. The van der Waals surface area contributed by atoms with Crippen LogP contribution in [0.15, 0.2) is 0 Å². The van der Waals surface area contributed by atoms with Gasteiger partial charge in [-0.3, -0.25) is 4.89 Å². The van der Waals surface area contributed by atoms with Gasteiger partial charge in [-0.1, -0.05) is 0 Å². The first kappa shape index (κ1) is 14.8. The highest BCUT2D eigenvalue weighted by atomic mass is 79.9. The van der Waals surface area contributed by atoms with E-state index in [2.05, 4.69) is 25.7 Å². The van der Waals surface area contributed by atoms with Crippen LogP contribution < -0.4 is 0 Å². The van der Waals surface area contributed by atoms with Crippen LogP contribution in [0.4, 0.5) is 0 Å². The standard InChI is InChI=1S/C8H13BrO8/c1-3(11)16-17-8(9)7(14)6(13)5(12)4(2-10)15-8/h4-7,10,12-14H,2H2,1H3/t4-,5-,6+,7-,8+/m1/s1. The summed E-state index contributed by atoms with van der Waals surface area (Å²) in [4.78, 5) is 19.3. The maximum absolute atomic E-state index is 10.6. The molecule has 1 saturated heterocycles. The van der Waals surface area contributed by atoms with E-state index in [0.29, 0.717) is 0 Å². The summed E-state index contributed by atoms with van der Waals surface area (Å²) in [6.07, 6.45) is -6.07. The highest BCUT2D eigenvalue weighted by Gasteiger charge is 2.55. The highest BCUT2D eigenvalue weighted by Crippen LogP contribution is 2.36. The number of rotatable bonds is 3. The quantitative estimate of drug-likeness (QED) is 0.268. The van der Waals surface area contributed by atoms with Crippen molar-refractivity contribution in [3.8, 4) is 0 Å². The van der Waals surface area contributed by atoms with Crippen molar-refractivity contribution < 1.29 is 39.7 Å². The molecule has 1 heterocycles. The van der Waals surface area contributed by atoms with Crippen LogP contribution in [-0.2, 0) is 19.3 Å². The smallest absolute Gasteiger partial charge is 0.339 e. The summed E-state index contributed by atoms with van der Waals surface area (Å²) in [7, 11) is 0. The molecular formula is C8H13BrO8. The number of alkyl halides is 1. The second-order valence-corrected chi connectivity index (χ2v) is 4.61. The van der Waals surface area contributed by atoms with E-state index in [1.807, 2.05) is 0 Å². The molecule has 4 N–H and O–H groups in total. The van der Waals surface area contributed by atoms with Crippen molar-refractivity contribution in [3.63, 3.8) is 0 Å². The Labute approximate surface area is 105 Å². The Morgan fingerprint density at radius 2 is 2.00 bits per heavy atom. The first-order chi connectivity index (χ1) is 7.81. The molecule has 0 bridgehead atoms. The van der Waals surface area contributed by atoms with Gasteiger partial charge in [-0.15, -0.1) is 4.89 Å². The number of ether oxygens (including phenoxy) is 1. The van der Waals surface area contributed by atoms with Gasteiger partial charge in [0, 0.05) is 6.92 Å². The van der Waals surface area contributed by atoms with Crippen LogP contribution in [-0.4, -0.2) is 62.1 Å². The van der Waals surface area contributed by atoms with E-state index in [1.54, 1.807) is 0 Å². The lowest BCUT2D eigenvalue weighted by atomic mass is 9.99. The van der Waals surface area contributed by atoms with Crippen LogP contribution in [0.1, 0.15) is 6.92 Å². The molecule has 9 heteroatoms. The number of aliphatic hydroxyl groups is 4. The van der Waals surface area contributed by atoms with Gasteiger partial charge in [-0.25, -0.2) is 4.79 Å². The number of carbonyl (C=O) groups excluding carboxylic acids is 1. The van der Waals surface area contributed by atoms with Crippen LogP contribution in [0.2, 0.25) is 0 Å². The fraction of sp³-hybridized carbons (Fsp3) is 0.875. The molecule has 0 aliphatic carbocycles. The third kappa shape index (κ3) is 3.13. The van der Waals surface area contributed by atoms with Gasteiger partial charge >= 0.3 is 5.97 Å². The first-order valence-electron chi connectivity index (χ1n) is 4.70. The van der Waals surface area contributed by atoms with E-state index in [-0.39, 0.29) is 0 Å². The summed E-state index contributed by atoms with van der Waals surface area (Å²) in [5.74, 6) is -0.805.